The van der Waals surface area contributed by atoms with Gasteiger partial charge in [-0.2, -0.15) is 0 Å². The summed E-state index contributed by atoms with van der Waals surface area (Å²) in [6.07, 6.45) is 3.43. The van der Waals surface area contributed by atoms with Gasteiger partial charge in [-0.15, -0.1) is 0 Å². The van der Waals surface area contributed by atoms with Gasteiger partial charge in [0.1, 0.15) is 0 Å². The van der Waals surface area contributed by atoms with Crippen LogP contribution in [-0.2, 0) is 10.0 Å². The first-order chi connectivity index (χ1) is 8.82. The van der Waals surface area contributed by atoms with Crippen LogP contribution in [0.2, 0.25) is 5.02 Å². The lowest BCUT2D eigenvalue weighted by atomic mass is 9.86. The summed E-state index contributed by atoms with van der Waals surface area (Å²) in [4.78, 5) is 0.216. The fraction of sp³-hybridized carbons (Fsp3) is 0.538. The Labute approximate surface area is 119 Å². The lowest BCUT2D eigenvalue weighted by Gasteiger charge is -2.29. The predicted octanol–water partition coefficient (Wildman–Crippen LogP) is 2.65. The zero-order valence-electron chi connectivity index (χ0n) is 11.2. The second-order valence-electron chi connectivity index (χ2n) is 5.23. The highest BCUT2D eigenvalue weighted by atomic mass is 35.5. The van der Waals surface area contributed by atoms with Crippen LogP contribution >= 0.6 is 11.6 Å². The van der Waals surface area contributed by atoms with E-state index >= 15 is 0 Å². The van der Waals surface area contributed by atoms with Crippen molar-refractivity contribution in [1.29, 1.82) is 0 Å². The number of nitrogens with two attached hydrogens (primary N) is 1. The Bertz CT molecular complexity index is 559. The van der Waals surface area contributed by atoms with Gasteiger partial charge in [0.25, 0.3) is 0 Å². The maximum Gasteiger partial charge on any atom is 0.242 e. The molecule has 106 valence electrons. The summed E-state index contributed by atoms with van der Waals surface area (Å²) >= 11 is 5.96. The van der Waals surface area contributed by atoms with E-state index in [0.29, 0.717) is 28.7 Å². The van der Waals surface area contributed by atoms with E-state index in [1.165, 1.54) is 16.8 Å². The van der Waals surface area contributed by atoms with Crippen LogP contribution in [0.1, 0.15) is 24.8 Å². The molecule has 0 heterocycles. The molecule has 1 aliphatic carbocycles. The van der Waals surface area contributed by atoms with Crippen LogP contribution in [-0.4, -0.2) is 26.3 Å². The molecule has 19 heavy (non-hydrogen) atoms. The molecule has 1 aromatic rings. The summed E-state index contributed by atoms with van der Waals surface area (Å²) in [6, 6.07) is 3.01. The highest BCUT2D eigenvalue weighted by Gasteiger charge is 2.27. The third kappa shape index (κ3) is 2.88. The summed E-state index contributed by atoms with van der Waals surface area (Å²) in [5, 5.41) is 0.417. The summed E-state index contributed by atoms with van der Waals surface area (Å²) in [5.74, 6) is 0.491. The zero-order valence-corrected chi connectivity index (χ0v) is 12.8. The number of sulfonamides is 1. The molecule has 0 bridgehead atoms. The minimum atomic E-state index is -3.48. The van der Waals surface area contributed by atoms with Crippen LogP contribution in [0.3, 0.4) is 0 Å². The largest absolute Gasteiger partial charge is 0.397 e. The lowest BCUT2D eigenvalue weighted by Crippen LogP contribution is -2.34. The van der Waals surface area contributed by atoms with Gasteiger partial charge in [0, 0.05) is 13.6 Å². The van der Waals surface area contributed by atoms with E-state index in [-0.39, 0.29) is 4.90 Å². The van der Waals surface area contributed by atoms with Gasteiger partial charge in [0.05, 0.1) is 15.6 Å². The van der Waals surface area contributed by atoms with E-state index in [2.05, 4.69) is 0 Å². The summed E-state index contributed by atoms with van der Waals surface area (Å²) in [7, 11) is -1.86. The van der Waals surface area contributed by atoms with Gasteiger partial charge in [-0.1, -0.05) is 18.0 Å². The van der Waals surface area contributed by atoms with E-state index in [1.54, 1.807) is 20.0 Å². The molecule has 0 spiro atoms. The Morgan fingerprint density at radius 2 is 2.05 bits per heavy atom. The van der Waals surface area contributed by atoms with Gasteiger partial charge >= 0.3 is 0 Å². The smallest absolute Gasteiger partial charge is 0.242 e. The summed E-state index contributed by atoms with van der Waals surface area (Å²) < 4.78 is 26.3. The quantitative estimate of drug-likeness (QED) is 0.870. The molecule has 1 saturated carbocycles. The van der Waals surface area contributed by atoms with Crippen LogP contribution in [0.4, 0.5) is 5.69 Å². The van der Waals surface area contributed by atoms with E-state index in [4.69, 9.17) is 17.3 Å². The lowest BCUT2D eigenvalue weighted by molar-refractivity contribution is 0.263. The molecule has 0 saturated heterocycles. The van der Waals surface area contributed by atoms with Gasteiger partial charge < -0.3 is 5.73 Å². The fourth-order valence-electron chi connectivity index (χ4n) is 2.23. The maximum absolute atomic E-state index is 12.5. The van der Waals surface area contributed by atoms with Crippen molar-refractivity contribution in [2.75, 3.05) is 19.3 Å². The number of hydrogen-bond donors (Lipinski definition) is 1. The van der Waals surface area contributed by atoms with Crippen LogP contribution < -0.4 is 5.73 Å². The second kappa shape index (κ2) is 5.31. The Kier molecular flexibility index (Phi) is 4.08. The number of rotatable bonds is 4. The molecular weight excluding hydrogens is 284 g/mol. The van der Waals surface area contributed by atoms with Crippen LogP contribution in [0.25, 0.3) is 0 Å². The fourth-order valence-corrected chi connectivity index (χ4v) is 3.71. The molecule has 0 unspecified atom stereocenters. The average molecular weight is 303 g/mol. The van der Waals surface area contributed by atoms with Gasteiger partial charge in [-0.05, 0) is 43.4 Å². The van der Waals surface area contributed by atoms with Crippen molar-refractivity contribution in [3.8, 4) is 0 Å². The molecule has 0 atom stereocenters. The van der Waals surface area contributed by atoms with Crippen molar-refractivity contribution in [2.24, 2.45) is 5.92 Å². The molecule has 4 nitrogen and oxygen atoms in total. The Balaban J connectivity index is 2.27. The van der Waals surface area contributed by atoms with Crippen molar-refractivity contribution >= 4 is 27.3 Å². The Morgan fingerprint density at radius 1 is 1.42 bits per heavy atom. The summed E-state index contributed by atoms with van der Waals surface area (Å²) in [6.45, 7) is 2.33. The van der Waals surface area contributed by atoms with Crippen LogP contribution in [0.15, 0.2) is 17.0 Å². The summed E-state index contributed by atoms with van der Waals surface area (Å²) in [5.41, 5.74) is 6.72. The molecule has 0 aromatic heterocycles. The zero-order chi connectivity index (χ0) is 14.2. The second-order valence-corrected chi connectivity index (χ2v) is 7.65. The van der Waals surface area contributed by atoms with E-state index in [1.807, 2.05) is 0 Å². The number of hydrogen-bond acceptors (Lipinski definition) is 3. The highest BCUT2D eigenvalue weighted by Crippen LogP contribution is 2.31. The monoisotopic (exact) mass is 302 g/mol. The number of benzene rings is 1. The van der Waals surface area contributed by atoms with E-state index in [9.17, 15) is 8.42 Å². The number of nitrogen functional groups attached to an aromatic ring is 1. The standard InChI is InChI=1S/C13H19ClN2O2S/c1-9-6-11(7-12(15)13(9)14)19(17,18)16(2)8-10-4-3-5-10/h6-7,10H,3-5,8,15H2,1-2H3. The van der Waals surface area contributed by atoms with Gasteiger partial charge in [-0.25, -0.2) is 12.7 Å². The first-order valence-corrected chi connectivity index (χ1v) is 8.16. The van der Waals surface area contributed by atoms with E-state index < -0.39 is 10.0 Å². The van der Waals surface area contributed by atoms with E-state index in [0.717, 1.165) is 12.8 Å². The minimum absolute atomic E-state index is 0.216. The van der Waals surface area contributed by atoms with Crippen molar-refractivity contribution < 1.29 is 8.42 Å². The molecule has 1 fully saturated rings. The minimum Gasteiger partial charge on any atom is -0.397 e. The highest BCUT2D eigenvalue weighted by molar-refractivity contribution is 7.89. The molecule has 2 rings (SSSR count). The molecule has 0 aliphatic heterocycles. The molecular formula is C13H19ClN2O2S. The van der Waals surface area contributed by atoms with Crippen molar-refractivity contribution in [2.45, 2.75) is 31.1 Å². The number of aryl methyl sites for hydroxylation is 1. The third-order valence-corrected chi connectivity index (χ3v) is 6.02. The molecule has 2 N–H and O–H groups in total. The number of halogens is 1. The SMILES string of the molecule is Cc1cc(S(=O)(=O)N(C)CC2CCC2)cc(N)c1Cl. The number of anilines is 1. The van der Waals surface area contributed by atoms with Gasteiger partial charge in [-0.3, -0.25) is 0 Å². The Morgan fingerprint density at radius 3 is 2.53 bits per heavy atom. The molecule has 0 amide bonds. The van der Waals surface area contributed by atoms with Gasteiger partial charge in [0.2, 0.25) is 10.0 Å². The molecule has 1 aliphatic rings. The first-order valence-electron chi connectivity index (χ1n) is 6.34. The van der Waals surface area contributed by atoms with Gasteiger partial charge in [0.15, 0.2) is 0 Å². The predicted molar refractivity (Wildman–Crippen MR) is 77.8 cm³/mol. The van der Waals surface area contributed by atoms with Crippen molar-refractivity contribution in [1.82, 2.24) is 4.31 Å². The number of nitrogens with zero attached hydrogens (tertiary/aromatic N) is 1. The molecule has 6 heteroatoms. The topological polar surface area (TPSA) is 63.4 Å². The van der Waals surface area contributed by atoms with Crippen molar-refractivity contribution in [3.05, 3.63) is 22.7 Å². The van der Waals surface area contributed by atoms with Crippen LogP contribution in [0.5, 0.6) is 0 Å². The molecule has 1 aromatic carbocycles. The maximum atomic E-state index is 12.5. The third-order valence-electron chi connectivity index (χ3n) is 3.70. The van der Waals surface area contributed by atoms with Crippen molar-refractivity contribution in [3.63, 3.8) is 0 Å². The first kappa shape index (κ1) is 14.6. The normalized spacial score (nSPS) is 16.6. The van der Waals surface area contributed by atoms with Crippen LogP contribution in [0, 0.1) is 12.8 Å². The molecule has 0 radical (unpaired) electrons. The Hall–Kier alpha value is -0.780. The average Bonchev–Trinajstić information content (AvgIpc) is 2.29.